The van der Waals surface area contributed by atoms with Gasteiger partial charge in [0.2, 0.25) is 0 Å². The van der Waals surface area contributed by atoms with Gasteiger partial charge >= 0.3 is 0 Å². The van der Waals surface area contributed by atoms with E-state index in [1.54, 1.807) is 16.9 Å². The number of anilines is 1. The zero-order valence-corrected chi connectivity index (χ0v) is 14.3. The van der Waals surface area contributed by atoms with Crippen molar-refractivity contribution in [2.24, 2.45) is 0 Å². The fraction of sp³-hybridized carbons (Fsp3) is 0.176. The maximum atomic E-state index is 6.03. The van der Waals surface area contributed by atoms with Gasteiger partial charge in [-0.2, -0.15) is 5.10 Å². The highest BCUT2D eigenvalue weighted by Gasteiger charge is 2.18. The van der Waals surface area contributed by atoms with Gasteiger partial charge < -0.3 is 9.73 Å². The van der Waals surface area contributed by atoms with Gasteiger partial charge in [-0.25, -0.2) is 9.50 Å². The van der Waals surface area contributed by atoms with Crippen molar-refractivity contribution in [1.82, 2.24) is 14.6 Å². The monoisotopic (exact) mass is 370 g/mol. The van der Waals surface area contributed by atoms with Crippen LogP contribution in [0.3, 0.4) is 0 Å². The minimum Gasteiger partial charge on any atom is -0.459 e. The second-order valence-electron chi connectivity index (χ2n) is 5.52. The van der Waals surface area contributed by atoms with Crippen molar-refractivity contribution in [2.45, 2.75) is 19.9 Å². The Bertz CT molecular complexity index is 1000. The number of hydrogen-bond acceptors (Lipinski definition) is 4. The Labute approximate surface area is 141 Å². The Morgan fingerprint density at radius 1 is 1.30 bits per heavy atom. The van der Waals surface area contributed by atoms with Gasteiger partial charge in [0.25, 0.3) is 0 Å². The van der Waals surface area contributed by atoms with Gasteiger partial charge in [0, 0.05) is 23.3 Å². The van der Waals surface area contributed by atoms with E-state index < -0.39 is 0 Å². The van der Waals surface area contributed by atoms with Gasteiger partial charge in [-0.1, -0.05) is 18.2 Å². The molecule has 3 aromatic heterocycles. The molecule has 4 aromatic rings. The first-order valence-electron chi connectivity index (χ1n) is 7.37. The summed E-state index contributed by atoms with van der Waals surface area (Å²) in [5, 5.41) is 8.86. The first-order chi connectivity index (χ1) is 11.1. The number of furan rings is 1. The van der Waals surface area contributed by atoms with Crippen molar-refractivity contribution in [3.63, 3.8) is 0 Å². The van der Waals surface area contributed by atoms with Crippen LogP contribution >= 0.6 is 15.9 Å². The number of halogens is 1. The number of rotatable bonds is 3. The topological polar surface area (TPSA) is 55.4 Å². The molecular weight excluding hydrogens is 356 g/mol. The quantitative estimate of drug-likeness (QED) is 0.566. The number of benzene rings is 1. The fourth-order valence-electron chi connectivity index (χ4n) is 2.89. The number of para-hydroxylation sites is 1. The van der Waals surface area contributed by atoms with Crippen LogP contribution in [0.4, 0.5) is 5.82 Å². The van der Waals surface area contributed by atoms with Gasteiger partial charge in [0.15, 0.2) is 5.82 Å². The maximum absolute atomic E-state index is 6.03. The van der Waals surface area contributed by atoms with Gasteiger partial charge in [0.05, 0.1) is 16.7 Å². The molecule has 0 saturated heterocycles. The standard InChI is InChI=1S/C17H15BrN4O/c1-10-12-5-3-4-6-14(12)23-16(10)11(2)21-17-15-13(18)9-20-22(15)8-7-19-17/h3-9,11H,1-2H3,(H,19,21). The second kappa shape index (κ2) is 5.38. The van der Waals surface area contributed by atoms with E-state index in [9.17, 15) is 0 Å². The molecule has 1 aromatic carbocycles. The molecule has 0 aliphatic heterocycles. The number of fused-ring (bicyclic) bond motifs is 2. The molecule has 0 radical (unpaired) electrons. The number of nitrogens with zero attached hydrogens (tertiary/aromatic N) is 3. The fourth-order valence-corrected chi connectivity index (χ4v) is 3.35. The van der Waals surface area contributed by atoms with Crippen molar-refractivity contribution < 1.29 is 4.42 Å². The maximum Gasteiger partial charge on any atom is 0.153 e. The van der Waals surface area contributed by atoms with Crippen molar-refractivity contribution in [3.8, 4) is 0 Å². The Morgan fingerprint density at radius 2 is 2.13 bits per heavy atom. The van der Waals surface area contributed by atoms with Crippen molar-refractivity contribution >= 4 is 38.2 Å². The van der Waals surface area contributed by atoms with Crippen LogP contribution in [0.15, 0.2) is 51.7 Å². The van der Waals surface area contributed by atoms with E-state index in [4.69, 9.17) is 4.42 Å². The molecule has 3 heterocycles. The van der Waals surface area contributed by atoms with Crippen molar-refractivity contribution in [3.05, 3.63) is 58.7 Å². The molecule has 0 saturated carbocycles. The third-order valence-electron chi connectivity index (χ3n) is 4.01. The molecule has 6 heteroatoms. The molecule has 1 atom stereocenters. The Morgan fingerprint density at radius 3 is 2.96 bits per heavy atom. The molecule has 116 valence electrons. The molecule has 0 aliphatic carbocycles. The molecule has 23 heavy (non-hydrogen) atoms. The van der Waals surface area contributed by atoms with Gasteiger partial charge in [-0.15, -0.1) is 0 Å². The molecule has 5 nitrogen and oxygen atoms in total. The first kappa shape index (κ1) is 14.3. The molecule has 4 rings (SSSR count). The summed E-state index contributed by atoms with van der Waals surface area (Å²) in [4.78, 5) is 4.45. The third-order valence-corrected chi connectivity index (χ3v) is 4.59. The number of aryl methyl sites for hydroxylation is 1. The first-order valence-corrected chi connectivity index (χ1v) is 8.17. The van der Waals surface area contributed by atoms with E-state index in [0.29, 0.717) is 0 Å². The van der Waals surface area contributed by atoms with Crippen LogP contribution in [-0.2, 0) is 0 Å². The number of hydrogen-bond donors (Lipinski definition) is 1. The zero-order chi connectivity index (χ0) is 16.0. The van der Waals surface area contributed by atoms with Gasteiger partial charge in [0.1, 0.15) is 16.9 Å². The van der Waals surface area contributed by atoms with Crippen LogP contribution in [0.25, 0.3) is 16.5 Å². The van der Waals surface area contributed by atoms with Gasteiger partial charge in [-0.05, 0) is 35.8 Å². The summed E-state index contributed by atoms with van der Waals surface area (Å²) in [7, 11) is 0. The molecule has 0 bridgehead atoms. The van der Waals surface area contributed by atoms with E-state index in [0.717, 1.165) is 38.1 Å². The predicted molar refractivity (Wildman–Crippen MR) is 93.7 cm³/mol. The van der Waals surface area contributed by atoms with Crippen LogP contribution in [0.2, 0.25) is 0 Å². The number of aromatic nitrogens is 3. The van der Waals surface area contributed by atoms with Crippen LogP contribution < -0.4 is 5.32 Å². The highest BCUT2D eigenvalue weighted by molar-refractivity contribution is 9.10. The molecule has 1 unspecified atom stereocenters. The van der Waals surface area contributed by atoms with E-state index in [2.05, 4.69) is 51.2 Å². The summed E-state index contributed by atoms with van der Waals surface area (Å²) < 4.78 is 8.73. The van der Waals surface area contributed by atoms with Crippen LogP contribution in [0, 0.1) is 6.92 Å². The number of nitrogens with one attached hydrogen (secondary N) is 1. The van der Waals surface area contributed by atoms with Crippen LogP contribution in [-0.4, -0.2) is 14.6 Å². The molecule has 1 N–H and O–H groups in total. The highest BCUT2D eigenvalue weighted by atomic mass is 79.9. The SMILES string of the molecule is Cc1c(C(C)Nc2nccn3ncc(Br)c23)oc2ccccc12. The van der Waals surface area contributed by atoms with E-state index >= 15 is 0 Å². The van der Waals surface area contributed by atoms with Gasteiger partial charge in [-0.3, -0.25) is 0 Å². The Balaban J connectivity index is 1.75. The molecule has 0 fully saturated rings. The lowest BCUT2D eigenvalue weighted by molar-refractivity contribution is 0.521. The van der Waals surface area contributed by atoms with Crippen molar-refractivity contribution in [1.29, 1.82) is 0 Å². The average Bonchev–Trinajstić information content (AvgIpc) is 3.10. The summed E-state index contributed by atoms with van der Waals surface area (Å²) >= 11 is 3.52. The normalized spacial score (nSPS) is 12.8. The van der Waals surface area contributed by atoms with E-state index in [1.807, 2.05) is 24.4 Å². The van der Waals surface area contributed by atoms with Crippen molar-refractivity contribution in [2.75, 3.05) is 5.32 Å². The summed E-state index contributed by atoms with van der Waals surface area (Å²) in [6.07, 6.45) is 5.31. The third kappa shape index (κ3) is 2.30. The summed E-state index contributed by atoms with van der Waals surface area (Å²) in [5.74, 6) is 1.69. The lowest BCUT2D eigenvalue weighted by Gasteiger charge is -2.14. The zero-order valence-electron chi connectivity index (χ0n) is 12.7. The highest BCUT2D eigenvalue weighted by Crippen LogP contribution is 2.32. The predicted octanol–water partition coefficient (Wildman–Crippen LogP) is 4.72. The molecule has 0 spiro atoms. The van der Waals surface area contributed by atoms with Crippen LogP contribution in [0.1, 0.15) is 24.3 Å². The molecule has 0 aliphatic rings. The second-order valence-corrected chi connectivity index (χ2v) is 6.37. The largest absolute Gasteiger partial charge is 0.459 e. The summed E-state index contributed by atoms with van der Waals surface area (Å²) in [6, 6.07) is 8.07. The van der Waals surface area contributed by atoms with E-state index in [-0.39, 0.29) is 6.04 Å². The minimum absolute atomic E-state index is 0.0112. The summed E-state index contributed by atoms with van der Waals surface area (Å²) in [5.41, 5.74) is 2.97. The lowest BCUT2D eigenvalue weighted by atomic mass is 10.1. The summed E-state index contributed by atoms with van der Waals surface area (Å²) in [6.45, 7) is 4.16. The van der Waals surface area contributed by atoms with E-state index in [1.165, 1.54) is 0 Å². The molecule has 0 amide bonds. The Kier molecular flexibility index (Phi) is 3.34. The average molecular weight is 371 g/mol. The molecular formula is C17H15BrN4O. The smallest absolute Gasteiger partial charge is 0.153 e. The minimum atomic E-state index is -0.0112. The Hall–Kier alpha value is -2.34. The lowest BCUT2D eigenvalue weighted by Crippen LogP contribution is -2.09. The van der Waals surface area contributed by atoms with Crippen LogP contribution in [0.5, 0.6) is 0 Å².